The van der Waals surface area contributed by atoms with Crippen molar-refractivity contribution in [2.24, 2.45) is 5.73 Å². The molecule has 0 saturated carbocycles. The van der Waals surface area contributed by atoms with Crippen LogP contribution in [0.3, 0.4) is 0 Å². The third-order valence-electron chi connectivity index (χ3n) is 3.52. The molecule has 6 N–H and O–H groups in total. The number of carbonyl (C=O) groups is 6. The van der Waals surface area contributed by atoms with Gasteiger partial charge in [-0.15, -0.1) is 0 Å². The van der Waals surface area contributed by atoms with E-state index in [2.05, 4.69) is 23.3 Å². The minimum Gasteiger partial charge on any atom is -0.548 e. The predicted molar refractivity (Wildman–Crippen MR) is 94.8 cm³/mol. The van der Waals surface area contributed by atoms with Gasteiger partial charge in [0.1, 0.15) is 12.1 Å². The van der Waals surface area contributed by atoms with Crippen LogP contribution in [0.5, 0.6) is 0 Å². The summed E-state index contributed by atoms with van der Waals surface area (Å²) in [5, 5.41) is 36.4. The van der Waals surface area contributed by atoms with Gasteiger partial charge in [0.05, 0.1) is 24.5 Å². The van der Waals surface area contributed by atoms with Crippen molar-refractivity contribution < 1.29 is 103 Å². The van der Waals surface area contributed by atoms with Gasteiger partial charge in [-0.3, -0.25) is 19.2 Å². The van der Waals surface area contributed by atoms with Gasteiger partial charge in [0.2, 0.25) is 17.7 Å². The molecule has 0 aliphatic heterocycles. The molecule has 0 aromatic carbocycles. The molecule has 0 heterocycles. The van der Waals surface area contributed by atoms with E-state index in [1.807, 2.05) is 5.32 Å². The molecule has 3 atom stereocenters. The zero-order valence-electron chi connectivity index (χ0n) is 17.2. The van der Waals surface area contributed by atoms with E-state index in [1.54, 1.807) is 0 Å². The number of hydrogen-bond donors (Lipinski definition) is 6. The van der Waals surface area contributed by atoms with Gasteiger partial charge < -0.3 is 46.6 Å². The molecule has 164 valence electrons. The number of carbonyl (C=O) groups excluding carboxylic acids is 5. The smallest absolute Gasteiger partial charge is 0.548 e. The van der Waals surface area contributed by atoms with E-state index in [4.69, 9.17) is 10.8 Å². The van der Waals surface area contributed by atoms with Crippen molar-refractivity contribution in [3.8, 4) is 0 Å². The van der Waals surface area contributed by atoms with Crippen molar-refractivity contribution in [2.75, 3.05) is 12.3 Å². The van der Waals surface area contributed by atoms with E-state index in [-0.39, 0.29) is 84.1 Å². The fraction of sp³-hybridized carbons (Fsp3) is 0.600. The third-order valence-corrected chi connectivity index (χ3v) is 3.89. The van der Waals surface area contributed by atoms with Gasteiger partial charge in [-0.2, -0.15) is 12.6 Å². The maximum atomic E-state index is 11.9. The normalized spacial score (nSPS) is 12.6. The Morgan fingerprint density at radius 2 is 1.39 bits per heavy atom. The minimum absolute atomic E-state index is 0. The molecular formula is C15H22N4Na2O9S. The summed E-state index contributed by atoms with van der Waals surface area (Å²) < 4.78 is 0. The fourth-order valence-electron chi connectivity index (χ4n) is 1.94. The number of thiol groups is 1. The van der Waals surface area contributed by atoms with Crippen LogP contribution in [0, 0.1) is 0 Å². The summed E-state index contributed by atoms with van der Waals surface area (Å²) in [6.07, 6.45) is -1.34. The topological polar surface area (TPSA) is 231 Å². The Kier molecular flexibility index (Phi) is 20.9. The molecule has 31 heavy (non-hydrogen) atoms. The largest absolute Gasteiger partial charge is 1.00 e. The number of rotatable bonds is 14. The molecule has 0 aromatic rings. The van der Waals surface area contributed by atoms with Crippen LogP contribution in [0.15, 0.2) is 0 Å². The Bertz CT molecular complexity index is 654. The van der Waals surface area contributed by atoms with Crippen LogP contribution in [0.4, 0.5) is 0 Å². The van der Waals surface area contributed by atoms with Crippen LogP contribution >= 0.6 is 12.6 Å². The zero-order valence-corrected chi connectivity index (χ0v) is 22.1. The second kappa shape index (κ2) is 18.7. The van der Waals surface area contributed by atoms with Gasteiger partial charge in [0.25, 0.3) is 0 Å². The average Bonchev–Trinajstić information content (AvgIpc) is 2.64. The van der Waals surface area contributed by atoms with E-state index >= 15 is 0 Å². The monoisotopic (exact) mass is 480 g/mol. The van der Waals surface area contributed by atoms with Gasteiger partial charge in [-0.05, 0) is 12.8 Å². The average molecular weight is 480 g/mol. The summed E-state index contributed by atoms with van der Waals surface area (Å²) in [7, 11) is 0. The Labute approximate surface area is 227 Å². The SMILES string of the molecule is N[C@@H](CCC(=O)N[C@@H](CCC(=O)N[C@@H](CS)C(=O)NCC(=O)[O-])C(=O)[O-])C(=O)O.[Na+].[Na+]. The van der Waals surface area contributed by atoms with E-state index in [9.17, 15) is 39.0 Å². The first-order valence-electron chi connectivity index (χ1n) is 8.34. The van der Waals surface area contributed by atoms with Crippen molar-refractivity contribution in [1.82, 2.24) is 16.0 Å². The summed E-state index contributed by atoms with van der Waals surface area (Å²) in [6.45, 7) is -0.761. The quantitative estimate of drug-likeness (QED) is 0.101. The molecule has 0 unspecified atom stereocenters. The molecule has 0 aliphatic rings. The van der Waals surface area contributed by atoms with Crippen molar-refractivity contribution in [2.45, 2.75) is 43.8 Å². The predicted octanol–water partition coefficient (Wildman–Crippen LogP) is -11.5. The summed E-state index contributed by atoms with van der Waals surface area (Å²) in [6, 6.07) is -3.98. The molecule has 13 nitrogen and oxygen atoms in total. The number of carboxylic acids is 3. The molecule has 0 aliphatic carbocycles. The fourth-order valence-corrected chi connectivity index (χ4v) is 2.20. The molecule has 16 heteroatoms. The molecule has 0 bridgehead atoms. The number of nitrogens with one attached hydrogen (secondary N) is 3. The Morgan fingerprint density at radius 3 is 1.81 bits per heavy atom. The summed E-state index contributed by atoms with van der Waals surface area (Å²) >= 11 is 3.86. The molecule has 0 rings (SSSR count). The number of aliphatic carboxylic acids is 3. The minimum atomic E-state index is -1.66. The standard InChI is InChI=1S/C15H24N4O9S.2Na/c16-7(14(25)26)1-3-10(20)18-8(15(27)28)2-4-11(21)19-9(6-29)13(24)17-5-12(22)23;;/h7-9,29H,1-6,16H2,(H,17,24)(H,18,20)(H,19,21)(H,22,23)(H,25,26)(H,27,28);;/q;2*+1/p-2/t7-,8-,9-;;/m0../s1. The van der Waals surface area contributed by atoms with Crippen LogP contribution in [0.1, 0.15) is 25.7 Å². The van der Waals surface area contributed by atoms with Gasteiger partial charge in [0.15, 0.2) is 0 Å². The molecule has 0 fully saturated rings. The van der Waals surface area contributed by atoms with Gasteiger partial charge in [0, 0.05) is 18.6 Å². The molecule has 0 aromatic heterocycles. The van der Waals surface area contributed by atoms with Crippen LogP contribution < -0.4 is 91.0 Å². The van der Waals surface area contributed by atoms with E-state index in [0.29, 0.717) is 0 Å². The first-order valence-corrected chi connectivity index (χ1v) is 8.97. The zero-order chi connectivity index (χ0) is 22.6. The Hall–Kier alpha value is -0.870. The molecular weight excluding hydrogens is 458 g/mol. The molecule has 0 radical (unpaired) electrons. The van der Waals surface area contributed by atoms with Gasteiger partial charge in [-0.1, -0.05) is 0 Å². The Balaban J connectivity index is -0.00000392. The number of nitrogens with two attached hydrogens (primary N) is 1. The molecule has 3 amide bonds. The number of amides is 3. The molecule has 0 saturated heterocycles. The summed E-state index contributed by atoms with van der Waals surface area (Å²) in [5.41, 5.74) is 5.24. The maximum Gasteiger partial charge on any atom is 1.00 e. The number of carboxylic acid groups (broad SMARTS) is 3. The van der Waals surface area contributed by atoms with Crippen molar-refractivity contribution >= 4 is 48.3 Å². The van der Waals surface area contributed by atoms with E-state index < -0.39 is 66.7 Å². The van der Waals surface area contributed by atoms with Gasteiger partial charge >= 0.3 is 65.1 Å². The van der Waals surface area contributed by atoms with Crippen LogP contribution in [-0.2, 0) is 28.8 Å². The van der Waals surface area contributed by atoms with E-state index in [0.717, 1.165) is 0 Å². The van der Waals surface area contributed by atoms with Crippen LogP contribution in [0.25, 0.3) is 0 Å². The first kappa shape index (κ1) is 34.7. The Morgan fingerprint density at radius 1 is 0.903 bits per heavy atom. The summed E-state index contributed by atoms with van der Waals surface area (Å²) in [5.74, 6) is -7.02. The second-order valence-electron chi connectivity index (χ2n) is 5.85. The maximum absolute atomic E-state index is 11.9. The van der Waals surface area contributed by atoms with Crippen molar-refractivity contribution in [3.05, 3.63) is 0 Å². The second-order valence-corrected chi connectivity index (χ2v) is 6.22. The van der Waals surface area contributed by atoms with Crippen molar-refractivity contribution in [3.63, 3.8) is 0 Å². The number of hydrogen-bond acceptors (Lipinski definition) is 10. The third kappa shape index (κ3) is 16.4. The molecule has 0 spiro atoms. The summed E-state index contributed by atoms with van der Waals surface area (Å²) in [4.78, 5) is 67.3. The van der Waals surface area contributed by atoms with E-state index in [1.165, 1.54) is 0 Å². The van der Waals surface area contributed by atoms with Crippen molar-refractivity contribution in [1.29, 1.82) is 0 Å². The van der Waals surface area contributed by atoms with Crippen LogP contribution in [0.2, 0.25) is 0 Å². The van der Waals surface area contributed by atoms with Gasteiger partial charge in [-0.25, -0.2) is 0 Å². The first-order chi connectivity index (χ1) is 13.5. The van der Waals surface area contributed by atoms with Crippen LogP contribution in [-0.4, -0.2) is 71.2 Å².